The van der Waals surface area contributed by atoms with E-state index in [1.165, 1.54) is 0 Å². The first-order valence-electron chi connectivity index (χ1n) is 7.11. The molecule has 0 amide bonds. The van der Waals surface area contributed by atoms with E-state index in [1.807, 2.05) is 20.8 Å². The molecule has 1 aliphatic heterocycles. The Hall–Kier alpha value is -0.410. The van der Waals surface area contributed by atoms with Gasteiger partial charge in [0, 0.05) is 50.1 Å². The van der Waals surface area contributed by atoms with Crippen molar-refractivity contribution in [1.29, 1.82) is 0 Å². The fraction of sp³-hybridized carbons (Fsp3) is 0.933. The summed E-state index contributed by atoms with van der Waals surface area (Å²) in [6.45, 7) is 18.2. The molecule has 0 aromatic carbocycles. The van der Waals surface area contributed by atoms with Crippen LogP contribution in [0.5, 0.6) is 0 Å². The minimum absolute atomic E-state index is 0.187. The van der Waals surface area contributed by atoms with Crippen LogP contribution in [0.15, 0.2) is 0 Å². The van der Waals surface area contributed by atoms with E-state index >= 15 is 0 Å². The second kappa shape index (κ2) is 5.70. The Bertz CT molecular complexity index is 278. The summed E-state index contributed by atoms with van der Waals surface area (Å²) in [6.07, 6.45) is 0.693. The molecule has 0 saturated carbocycles. The zero-order valence-electron chi connectivity index (χ0n) is 13.0. The fourth-order valence-corrected chi connectivity index (χ4v) is 2.28. The van der Waals surface area contributed by atoms with E-state index in [1.54, 1.807) is 0 Å². The Balaban J connectivity index is 2.31. The van der Waals surface area contributed by atoms with Crippen molar-refractivity contribution in [2.75, 3.05) is 32.7 Å². The van der Waals surface area contributed by atoms with Gasteiger partial charge in [-0.2, -0.15) is 0 Å². The van der Waals surface area contributed by atoms with Gasteiger partial charge in [0.15, 0.2) is 0 Å². The van der Waals surface area contributed by atoms with Crippen LogP contribution in [-0.2, 0) is 4.79 Å². The Morgan fingerprint density at radius 3 is 1.83 bits per heavy atom. The highest BCUT2D eigenvalue weighted by atomic mass is 16.1. The van der Waals surface area contributed by atoms with Crippen molar-refractivity contribution in [3.63, 3.8) is 0 Å². The summed E-state index contributed by atoms with van der Waals surface area (Å²) in [5.41, 5.74) is 0.0839. The minimum Gasteiger partial charge on any atom is -0.300 e. The summed E-state index contributed by atoms with van der Waals surface area (Å²) >= 11 is 0. The number of carbonyl (C=O) groups excluding carboxylic acids is 1. The number of hydrogen-bond acceptors (Lipinski definition) is 3. The smallest absolute Gasteiger partial charge is 0.139 e. The number of nitrogens with zero attached hydrogens (tertiary/aromatic N) is 2. The van der Waals surface area contributed by atoms with Crippen LogP contribution in [0.1, 0.15) is 48.0 Å². The predicted molar refractivity (Wildman–Crippen MR) is 76.8 cm³/mol. The summed E-state index contributed by atoms with van der Waals surface area (Å²) < 4.78 is 0. The fourth-order valence-electron chi connectivity index (χ4n) is 2.28. The third-order valence-electron chi connectivity index (χ3n) is 3.81. The molecule has 0 spiro atoms. The van der Waals surface area contributed by atoms with Crippen molar-refractivity contribution in [2.24, 2.45) is 5.41 Å². The molecule has 0 aromatic heterocycles. The molecule has 0 atom stereocenters. The lowest BCUT2D eigenvalue weighted by Crippen LogP contribution is -2.53. The summed E-state index contributed by atoms with van der Waals surface area (Å²) in [6, 6.07) is 0. The quantitative estimate of drug-likeness (QED) is 0.773. The molecule has 0 N–H and O–H groups in total. The van der Waals surface area contributed by atoms with Gasteiger partial charge in [-0.25, -0.2) is 0 Å². The van der Waals surface area contributed by atoms with Crippen LogP contribution in [0, 0.1) is 5.41 Å². The monoisotopic (exact) mass is 254 g/mol. The molecular formula is C15H30N2O. The summed E-state index contributed by atoms with van der Waals surface area (Å²) in [4.78, 5) is 16.8. The molecular weight excluding hydrogens is 224 g/mol. The van der Waals surface area contributed by atoms with E-state index in [0.717, 1.165) is 32.7 Å². The van der Waals surface area contributed by atoms with Gasteiger partial charge in [0.1, 0.15) is 5.78 Å². The van der Waals surface area contributed by atoms with E-state index in [-0.39, 0.29) is 11.0 Å². The maximum Gasteiger partial charge on any atom is 0.139 e. The van der Waals surface area contributed by atoms with Crippen LogP contribution in [0.25, 0.3) is 0 Å². The molecule has 0 radical (unpaired) electrons. The molecule has 1 rings (SSSR count). The largest absolute Gasteiger partial charge is 0.300 e. The van der Waals surface area contributed by atoms with Gasteiger partial charge in [-0.05, 0) is 20.8 Å². The zero-order chi connectivity index (χ0) is 14.0. The minimum atomic E-state index is -0.187. The first-order valence-corrected chi connectivity index (χ1v) is 7.11. The van der Waals surface area contributed by atoms with E-state index in [4.69, 9.17) is 0 Å². The van der Waals surface area contributed by atoms with Gasteiger partial charge < -0.3 is 4.90 Å². The molecule has 3 heteroatoms. The van der Waals surface area contributed by atoms with Crippen molar-refractivity contribution >= 4 is 5.78 Å². The third kappa shape index (κ3) is 4.69. The van der Waals surface area contributed by atoms with Gasteiger partial charge in [0.25, 0.3) is 0 Å². The topological polar surface area (TPSA) is 23.6 Å². The van der Waals surface area contributed by atoms with E-state index in [9.17, 15) is 4.79 Å². The first kappa shape index (κ1) is 15.6. The lowest BCUT2D eigenvalue weighted by atomic mass is 9.89. The molecule has 1 fully saturated rings. The summed E-state index contributed by atoms with van der Waals surface area (Å²) in [7, 11) is 0. The van der Waals surface area contributed by atoms with Crippen LogP contribution >= 0.6 is 0 Å². The molecule has 1 heterocycles. The Morgan fingerprint density at radius 2 is 1.44 bits per heavy atom. The first-order chi connectivity index (χ1) is 8.10. The molecule has 0 aromatic rings. The van der Waals surface area contributed by atoms with Crippen molar-refractivity contribution in [3.05, 3.63) is 0 Å². The van der Waals surface area contributed by atoms with Gasteiger partial charge in [-0.1, -0.05) is 20.8 Å². The van der Waals surface area contributed by atoms with Crippen LogP contribution in [-0.4, -0.2) is 53.8 Å². The van der Waals surface area contributed by atoms with E-state index < -0.39 is 0 Å². The molecule has 0 aliphatic carbocycles. The van der Waals surface area contributed by atoms with E-state index in [0.29, 0.717) is 12.2 Å². The van der Waals surface area contributed by atoms with Crippen molar-refractivity contribution in [3.8, 4) is 0 Å². The van der Waals surface area contributed by atoms with E-state index in [2.05, 4.69) is 30.6 Å². The van der Waals surface area contributed by atoms with Crippen molar-refractivity contribution < 1.29 is 4.79 Å². The molecule has 18 heavy (non-hydrogen) atoms. The highest BCUT2D eigenvalue weighted by molar-refractivity contribution is 5.83. The highest BCUT2D eigenvalue weighted by Crippen LogP contribution is 2.18. The van der Waals surface area contributed by atoms with Gasteiger partial charge in [-0.15, -0.1) is 0 Å². The second-order valence-electron chi connectivity index (χ2n) is 7.42. The van der Waals surface area contributed by atoms with Gasteiger partial charge in [0.05, 0.1) is 0 Å². The molecule has 0 unspecified atom stereocenters. The predicted octanol–water partition coefficient (Wildman–Crippen LogP) is 2.41. The summed E-state index contributed by atoms with van der Waals surface area (Å²) in [5.74, 6) is 0.376. The average molecular weight is 254 g/mol. The summed E-state index contributed by atoms with van der Waals surface area (Å²) in [5, 5.41) is 0. The average Bonchev–Trinajstić information content (AvgIpc) is 2.24. The number of hydrogen-bond donors (Lipinski definition) is 0. The number of carbonyl (C=O) groups is 1. The maximum absolute atomic E-state index is 11.9. The van der Waals surface area contributed by atoms with Crippen LogP contribution in [0.4, 0.5) is 0 Å². The number of piperazine rings is 1. The third-order valence-corrected chi connectivity index (χ3v) is 3.81. The molecule has 0 bridgehead atoms. The molecule has 106 valence electrons. The second-order valence-corrected chi connectivity index (χ2v) is 7.42. The van der Waals surface area contributed by atoms with Crippen LogP contribution in [0.3, 0.4) is 0 Å². The lowest BCUT2D eigenvalue weighted by molar-refractivity contribution is -0.126. The van der Waals surface area contributed by atoms with Gasteiger partial charge in [-0.3, -0.25) is 9.69 Å². The number of rotatable bonds is 3. The zero-order valence-corrected chi connectivity index (χ0v) is 13.0. The SMILES string of the molecule is CC(C)(C)C(=O)CCN1CCN(C(C)(C)C)CC1. The van der Waals surface area contributed by atoms with Crippen molar-refractivity contribution in [2.45, 2.75) is 53.5 Å². The van der Waals surface area contributed by atoms with Crippen molar-refractivity contribution in [1.82, 2.24) is 9.80 Å². The normalized spacial score (nSPS) is 20.1. The van der Waals surface area contributed by atoms with Crippen LogP contribution in [0.2, 0.25) is 0 Å². The standard InChI is InChI=1S/C15H30N2O/c1-14(2,3)13(18)7-8-16-9-11-17(12-10-16)15(4,5)6/h7-12H2,1-6H3. The lowest BCUT2D eigenvalue weighted by Gasteiger charge is -2.42. The molecule has 1 aliphatic rings. The highest BCUT2D eigenvalue weighted by Gasteiger charge is 2.27. The Morgan fingerprint density at radius 1 is 0.944 bits per heavy atom. The van der Waals surface area contributed by atoms with Gasteiger partial charge in [0.2, 0.25) is 0 Å². The maximum atomic E-state index is 11.9. The Labute approximate surface area is 113 Å². The molecule has 1 saturated heterocycles. The van der Waals surface area contributed by atoms with Crippen LogP contribution < -0.4 is 0 Å². The molecule has 3 nitrogen and oxygen atoms in total. The Kier molecular flexibility index (Phi) is 4.96. The number of Topliss-reactive ketones (excluding diaryl/α,β-unsaturated/α-hetero) is 1. The number of ketones is 1. The van der Waals surface area contributed by atoms with Gasteiger partial charge >= 0.3 is 0 Å².